The van der Waals surface area contributed by atoms with E-state index in [4.69, 9.17) is 37.0 Å². The Hall–Kier alpha value is -1.94. The maximum absolute atomic E-state index is 13.1. The number of ether oxygens (including phenoxy) is 4. The van der Waals surface area contributed by atoms with E-state index in [2.05, 4.69) is 27.7 Å². The predicted octanol–water partition coefficient (Wildman–Crippen LogP) is 25.0. The van der Waals surface area contributed by atoms with E-state index in [0.717, 1.165) is 89.9 Å². The molecule has 0 fully saturated rings. The van der Waals surface area contributed by atoms with Gasteiger partial charge in [-0.25, -0.2) is 9.13 Å². The Bertz CT molecular complexity index is 1910. The first-order valence-corrected chi connectivity index (χ1v) is 45.8. The topological polar surface area (TPSA) is 237 Å². The van der Waals surface area contributed by atoms with Gasteiger partial charge in [-0.1, -0.05) is 394 Å². The first kappa shape index (κ1) is 99.1. The van der Waals surface area contributed by atoms with Gasteiger partial charge in [0.05, 0.1) is 26.4 Å². The SMILES string of the molecule is CCCCCCCCCCCCCCCCCCCCCC(=O)O[C@H](COC(=O)CCCCCCCCCCCCCCCCCCCC)COP(=O)(O)OC[C@@H](O)COP(=O)(O)OC[C@@H](COC(=O)CCCCCCCCCCC)OC(=O)CCCCCCCCCCCCCCCCC. The Balaban J connectivity index is 5.21. The Morgan fingerprint density at radius 1 is 0.238 bits per heavy atom. The van der Waals surface area contributed by atoms with Crippen LogP contribution < -0.4 is 0 Å². The summed E-state index contributed by atoms with van der Waals surface area (Å²) in [5, 5.41) is 10.6. The second-order valence-corrected chi connectivity index (χ2v) is 32.4. The van der Waals surface area contributed by atoms with Crippen molar-refractivity contribution in [3.8, 4) is 0 Å². The number of aliphatic hydroxyl groups excluding tert-OH is 1. The van der Waals surface area contributed by atoms with Crippen molar-refractivity contribution in [1.29, 1.82) is 0 Å². The third-order valence-corrected chi connectivity index (χ3v) is 21.3. The van der Waals surface area contributed by atoms with Gasteiger partial charge in [-0.15, -0.1) is 0 Å². The maximum atomic E-state index is 13.1. The second kappa shape index (κ2) is 76.3. The van der Waals surface area contributed by atoms with Gasteiger partial charge in [-0.05, 0) is 25.7 Å². The summed E-state index contributed by atoms with van der Waals surface area (Å²) in [5.74, 6) is -2.10. The highest BCUT2D eigenvalue weighted by Crippen LogP contribution is 2.45. The fourth-order valence-corrected chi connectivity index (χ4v) is 14.4. The molecular formula is C82H160O17P2. The summed E-state index contributed by atoms with van der Waals surface area (Å²) in [4.78, 5) is 73.0. The average Bonchev–Trinajstić information content (AvgIpc) is 1.01. The molecule has 101 heavy (non-hydrogen) atoms. The Morgan fingerprint density at radius 2 is 0.396 bits per heavy atom. The van der Waals surface area contributed by atoms with Crippen LogP contribution in [0.4, 0.5) is 0 Å². The quantitative estimate of drug-likeness (QED) is 0.0222. The molecule has 600 valence electrons. The van der Waals surface area contributed by atoms with Gasteiger partial charge in [-0.3, -0.25) is 37.3 Å². The molecule has 19 heteroatoms. The minimum atomic E-state index is -4.96. The molecule has 0 saturated carbocycles. The number of aliphatic hydroxyl groups is 1. The largest absolute Gasteiger partial charge is 0.472 e. The van der Waals surface area contributed by atoms with E-state index in [0.29, 0.717) is 25.7 Å². The molecule has 0 aliphatic rings. The summed E-state index contributed by atoms with van der Waals surface area (Å²) >= 11 is 0. The number of carbonyl (C=O) groups is 4. The van der Waals surface area contributed by atoms with Crippen LogP contribution in [0.2, 0.25) is 0 Å². The monoisotopic (exact) mass is 1480 g/mol. The lowest BCUT2D eigenvalue weighted by atomic mass is 10.0. The number of unbranched alkanes of at least 4 members (excludes halogenated alkanes) is 57. The van der Waals surface area contributed by atoms with Crippen molar-refractivity contribution >= 4 is 39.5 Å². The van der Waals surface area contributed by atoms with E-state index in [1.165, 1.54) is 276 Å². The molecule has 0 aliphatic carbocycles. The van der Waals surface area contributed by atoms with Crippen molar-refractivity contribution in [2.24, 2.45) is 0 Å². The van der Waals surface area contributed by atoms with Gasteiger partial charge < -0.3 is 33.8 Å². The second-order valence-electron chi connectivity index (χ2n) is 29.5. The zero-order valence-corrected chi connectivity index (χ0v) is 67.7. The summed E-state index contributed by atoms with van der Waals surface area (Å²) in [5.41, 5.74) is 0. The van der Waals surface area contributed by atoms with Gasteiger partial charge in [-0.2, -0.15) is 0 Å². The third kappa shape index (κ3) is 76.1. The van der Waals surface area contributed by atoms with Gasteiger partial charge in [0.1, 0.15) is 19.3 Å². The fraction of sp³-hybridized carbons (Fsp3) is 0.951. The molecule has 0 amide bonds. The molecule has 3 N–H and O–H groups in total. The molecule has 5 atom stereocenters. The van der Waals surface area contributed by atoms with Crippen LogP contribution in [0.5, 0.6) is 0 Å². The molecule has 17 nitrogen and oxygen atoms in total. The van der Waals surface area contributed by atoms with Crippen molar-refractivity contribution < 1.29 is 80.2 Å². The number of hydrogen-bond donors (Lipinski definition) is 3. The predicted molar refractivity (Wildman–Crippen MR) is 414 cm³/mol. The van der Waals surface area contributed by atoms with Crippen LogP contribution in [0.1, 0.15) is 445 Å². The molecule has 0 spiro atoms. The molecule has 0 aromatic rings. The highest BCUT2D eigenvalue weighted by molar-refractivity contribution is 7.47. The first-order valence-electron chi connectivity index (χ1n) is 42.8. The standard InChI is InChI=1S/C82H160O17P2/c1-5-9-13-17-21-25-28-31-34-36-38-40-43-46-49-53-57-61-65-69-82(87)99-78(73-93-80(85)67-63-59-55-51-47-44-42-39-37-35-32-29-26-22-18-14-10-6-2)75-97-101(90,91)95-71-76(83)70-94-100(88,89)96-74-77(72-92-79(84)66-62-58-54-50-24-20-16-12-8-4)98-81(86)68-64-60-56-52-48-45-41-33-30-27-23-19-15-11-7-3/h76-78,83H,5-75H2,1-4H3,(H,88,89)(H,90,91)/t76-,77+,78+/m0/s1. The fourth-order valence-electron chi connectivity index (χ4n) is 12.8. The highest BCUT2D eigenvalue weighted by Gasteiger charge is 2.30. The van der Waals surface area contributed by atoms with Gasteiger partial charge >= 0.3 is 39.5 Å². The van der Waals surface area contributed by atoms with Crippen LogP contribution in [0.3, 0.4) is 0 Å². The summed E-state index contributed by atoms with van der Waals surface area (Å²) < 4.78 is 68.7. The molecule has 0 rings (SSSR count). The molecule has 0 aliphatic heterocycles. The van der Waals surface area contributed by atoms with Crippen molar-refractivity contribution in [2.45, 2.75) is 463 Å². The van der Waals surface area contributed by atoms with Crippen molar-refractivity contribution in [2.75, 3.05) is 39.6 Å². The zero-order valence-electron chi connectivity index (χ0n) is 65.9. The number of hydrogen-bond acceptors (Lipinski definition) is 15. The van der Waals surface area contributed by atoms with Gasteiger partial charge in [0.25, 0.3) is 0 Å². The number of phosphoric acid groups is 2. The lowest BCUT2D eigenvalue weighted by Gasteiger charge is -2.21. The van der Waals surface area contributed by atoms with Crippen LogP contribution in [-0.4, -0.2) is 96.7 Å². The van der Waals surface area contributed by atoms with E-state index in [9.17, 15) is 43.2 Å². The van der Waals surface area contributed by atoms with Crippen LogP contribution in [0.25, 0.3) is 0 Å². The molecular weight excluding hydrogens is 1320 g/mol. The minimum Gasteiger partial charge on any atom is -0.462 e. The summed E-state index contributed by atoms with van der Waals surface area (Å²) in [7, 11) is -9.92. The Kier molecular flexibility index (Phi) is 74.8. The average molecular weight is 1480 g/mol. The summed E-state index contributed by atoms with van der Waals surface area (Å²) in [6, 6.07) is 0. The maximum Gasteiger partial charge on any atom is 0.472 e. The number of carbonyl (C=O) groups excluding carboxylic acids is 4. The van der Waals surface area contributed by atoms with E-state index in [1.54, 1.807) is 0 Å². The van der Waals surface area contributed by atoms with Crippen LogP contribution >= 0.6 is 15.6 Å². The lowest BCUT2D eigenvalue weighted by molar-refractivity contribution is -0.161. The molecule has 0 aromatic heterocycles. The lowest BCUT2D eigenvalue weighted by Crippen LogP contribution is -2.30. The van der Waals surface area contributed by atoms with Gasteiger partial charge in [0.15, 0.2) is 12.2 Å². The van der Waals surface area contributed by atoms with E-state index in [1.807, 2.05) is 0 Å². The number of esters is 4. The Morgan fingerprint density at radius 3 is 0.584 bits per heavy atom. The Labute approximate surface area is 619 Å². The smallest absolute Gasteiger partial charge is 0.462 e. The number of phosphoric ester groups is 2. The van der Waals surface area contributed by atoms with E-state index >= 15 is 0 Å². The molecule has 0 heterocycles. The van der Waals surface area contributed by atoms with E-state index < -0.39 is 97.5 Å². The molecule has 0 saturated heterocycles. The van der Waals surface area contributed by atoms with Crippen LogP contribution in [0, 0.1) is 0 Å². The molecule has 0 radical (unpaired) electrons. The first-order chi connectivity index (χ1) is 49.2. The summed E-state index contributed by atoms with van der Waals surface area (Å²) in [6.45, 7) is 5.02. The van der Waals surface area contributed by atoms with Crippen LogP contribution in [-0.2, 0) is 65.4 Å². The summed E-state index contributed by atoms with van der Waals surface area (Å²) in [6.07, 6.45) is 69.4. The minimum absolute atomic E-state index is 0.109. The van der Waals surface area contributed by atoms with Crippen molar-refractivity contribution in [3.63, 3.8) is 0 Å². The van der Waals surface area contributed by atoms with Gasteiger partial charge in [0.2, 0.25) is 0 Å². The molecule has 0 aromatic carbocycles. The number of rotatable bonds is 83. The highest BCUT2D eigenvalue weighted by atomic mass is 31.2. The van der Waals surface area contributed by atoms with Crippen molar-refractivity contribution in [1.82, 2.24) is 0 Å². The molecule has 0 bridgehead atoms. The van der Waals surface area contributed by atoms with Crippen LogP contribution in [0.15, 0.2) is 0 Å². The third-order valence-electron chi connectivity index (χ3n) is 19.4. The van der Waals surface area contributed by atoms with Gasteiger partial charge in [0, 0.05) is 25.7 Å². The van der Waals surface area contributed by atoms with E-state index in [-0.39, 0.29) is 25.7 Å². The zero-order chi connectivity index (χ0) is 73.9. The molecule has 2 unspecified atom stereocenters. The normalized spacial score (nSPS) is 13.8. The van der Waals surface area contributed by atoms with Crippen molar-refractivity contribution in [3.05, 3.63) is 0 Å².